The largest absolute Gasteiger partial charge is 0.467 e. The molecule has 0 radical (unpaired) electrons. The minimum Gasteiger partial charge on any atom is -0.467 e. The fourth-order valence-corrected chi connectivity index (χ4v) is 3.43. The summed E-state index contributed by atoms with van der Waals surface area (Å²) in [6.07, 6.45) is -4.83. The lowest BCUT2D eigenvalue weighted by Crippen LogP contribution is -2.60. The van der Waals surface area contributed by atoms with Gasteiger partial charge in [-0.3, -0.25) is 19.3 Å². The fourth-order valence-electron chi connectivity index (χ4n) is 3.34. The molecule has 1 aromatic carbocycles. The molecule has 11 heteroatoms. The maximum absolute atomic E-state index is 12.3. The molecule has 0 saturated carbocycles. The average Bonchev–Trinajstić information content (AvgIpc) is 2.71. The normalized spacial score (nSPS) is 24.8. The third-order valence-corrected chi connectivity index (χ3v) is 5.14. The molecule has 1 aliphatic heterocycles. The molecule has 1 heterocycles. The lowest BCUT2D eigenvalue weighted by Gasteiger charge is -2.43. The summed E-state index contributed by atoms with van der Waals surface area (Å²) in [5.41, 5.74) is 1.13. The molecule has 1 saturated heterocycles. The first kappa shape index (κ1) is 25.4. The van der Waals surface area contributed by atoms with Gasteiger partial charge in [0.15, 0.2) is 12.2 Å². The zero-order valence-corrected chi connectivity index (χ0v) is 19.4. The van der Waals surface area contributed by atoms with Crippen molar-refractivity contribution in [1.29, 1.82) is 0 Å². The first-order chi connectivity index (χ1) is 15.0. The fraction of sp³-hybridized carbons (Fsp3) is 0.524. The van der Waals surface area contributed by atoms with E-state index in [2.05, 4.69) is 0 Å². The number of carbonyl (C=O) groups excluding carboxylic acids is 4. The summed E-state index contributed by atoms with van der Waals surface area (Å²) in [5.74, 6) is -2.60. The Labute approximate surface area is 190 Å². The summed E-state index contributed by atoms with van der Waals surface area (Å²) < 4.78 is 27.3. The van der Waals surface area contributed by atoms with Gasteiger partial charge in [0.05, 0.1) is 12.8 Å². The predicted molar refractivity (Wildman–Crippen MR) is 112 cm³/mol. The molecule has 32 heavy (non-hydrogen) atoms. The Morgan fingerprint density at radius 1 is 1.06 bits per heavy atom. The van der Waals surface area contributed by atoms with Crippen molar-refractivity contribution in [2.75, 3.05) is 19.1 Å². The number of aryl methyl sites for hydroxylation is 1. The van der Waals surface area contributed by atoms with E-state index in [0.29, 0.717) is 5.69 Å². The number of esters is 3. The summed E-state index contributed by atoms with van der Waals surface area (Å²) in [5, 5.41) is -0.764. The van der Waals surface area contributed by atoms with E-state index in [1.54, 1.807) is 25.1 Å². The molecule has 0 aliphatic carbocycles. The number of methoxy groups -OCH3 is 1. The van der Waals surface area contributed by atoms with Crippen LogP contribution >= 0.6 is 11.6 Å². The van der Waals surface area contributed by atoms with Crippen LogP contribution in [-0.2, 0) is 33.3 Å². The standard InChI is InChI=1S/C21H26ClNO9/c1-10-7-8-15(14(9-10)23(5)21(22)27)31-20-18(30-13(4)25)16(29-12(3)24)11(2)17(32-20)19(26)28-6/h7-9,11,16-18,20H,1-6H3/t11-,16-,17-,18+,20+/m0/s1. The maximum atomic E-state index is 12.3. The van der Waals surface area contributed by atoms with Crippen molar-refractivity contribution in [3.63, 3.8) is 0 Å². The molecule has 0 N–H and O–H groups in total. The smallest absolute Gasteiger partial charge is 0.335 e. The van der Waals surface area contributed by atoms with Crippen LogP contribution < -0.4 is 9.64 Å². The number of carbonyl (C=O) groups is 4. The summed E-state index contributed by atoms with van der Waals surface area (Å²) in [6, 6.07) is 4.95. The molecule has 0 aromatic heterocycles. The SMILES string of the molecule is COC(=O)[C@H]1O[C@@H](Oc2ccc(C)cc2N(C)C(=O)Cl)[C@H](OC(C)=O)[C@@H](OC(C)=O)[C@@H]1C. The number of ether oxygens (including phenoxy) is 5. The van der Waals surface area contributed by atoms with Crippen molar-refractivity contribution in [2.45, 2.75) is 52.3 Å². The minimum absolute atomic E-state index is 0.161. The van der Waals surface area contributed by atoms with Crippen LogP contribution in [-0.4, -0.2) is 62.0 Å². The second kappa shape index (κ2) is 10.6. The molecule has 176 valence electrons. The predicted octanol–water partition coefficient (Wildman–Crippen LogP) is 2.57. The van der Waals surface area contributed by atoms with E-state index < -0.39 is 53.8 Å². The molecule has 0 bridgehead atoms. The van der Waals surface area contributed by atoms with Gasteiger partial charge in [-0.25, -0.2) is 4.79 Å². The lowest BCUT2D eigenvalue weighted by molar-refractivity contribution is -0.266. The Balaban J connectivity index is 2.52. The number of rotatable bonds is 6. The Bertz CT molecular complexity index is 890. The zero-order valence-electron chi connectivity index (χ0n) is 18.6. The van der Waals surface area contributed by atoms with Gasteiger partial charge in [0, 0.05) is 26.8 Å². The van der Waals surface area contributed by atoms with E-state index in [1.807, 2.05) is 6.92 Å². The Kier molecular flexibility index (Phi) is 8.45. The van der Waals surface area contributed by atoms with Crippen molar-refractivity contribution < 1.29 is 42.9 Å². The molecule has 0 spiro atoms. The van der Waals surface area contributed by atoms with Crippen molar-refractivity contribution in [3.8, 4) is 5.75 Å². The molecular formula is C21H26ClNO9. The van der Waals surface area contributed by atoms with E-state index in [9.17, 15) is 19.2 Å². The van der Waals surface area contributed by atoms with Gasteiger partial charge in [-0.15, -0.1) is 0 Å². The van der Waals surface area contributed by atoms with Crippen LogP contribution in [0.5, 0.6) is 5.75 Å². The molecule has 2 rings (SSSR count). The van der Waals surface area contributed by atoms with Crippen LogP contribution in [0.3, 0.4) is 0 Å². The van der Waals surface area contributed by atoms with E-state index >= 15 is 0 Å². The van der Waals surface area contributed by atoms with Crippen molar-refractivity contribution in [3.05, 3.63) is 23.8 Å². The minimum atomic E-state index is -1.37. The van der Waals surface area contributed by atoms with Crippen molar-refractivity contribution in [1.82, 2.24) is 0 Å². The third kappa shape index (κ3) is 5.89. The molecule has 5 atom stereocenters. The second-order valence-electron chi connectivity index (χ2n) is 7.36. The van der Waals surface area contributed by atoms with Crippen LogP contribution in [0.25, 0.3) is 0 Å². The van der Waals surface area contributed by atoms with Crippen molar-refractivity contribution in [2.24, 2.45) is 5.92 Å². The monoisotopic (exact) mass is 471 g/mol. The molecule has 1 aliphatic rings. The number of hydrogen-bond acceptors (Lipinski definition) is 9. The highest BCUT2D eigenvalue weighted by atomic mass is 35.5. The topological polar surface area (TPSA) is 118 Å². The molecule has 1 fully saturated rings. The molecule has 10 nitrogen and oxygen atoms in total. The van der Waals surface area contributed by atoms with Gasteiger partial charge in [0.25, 0.3) is 0 Å². The van der Waals surface area contributed by atoms with E-state index in [-0.39, 0.29) is 5.75 Å². The first-order valence-corrected chi connectivity index (χ1v) is 10.1. The molecule has 1 aromatic rings. The number of benzene rings is 1. The van der Waals surface area contributed by atoms with E-state index in [0.717, 1.165) is 10.5 Å². The quantitative estimate of drug-likeness (QED) is 0.267. The summed E-state index contributed by atoms with van der Waals surface area (Å²) in [4.78, 5) is 48.7. The van der Waals surface area contributed by atoms with Gasteiger partial charge in [0.2, 0.25) is 12.4 Å². The van der Waals surface area contributed by atoms with Crippen LogP contribution in [0.2, 0.25) is 0 Å². The number of anilines is 1. The second-order valence-corrected chi connectivity index (χ2v) is 7.68. The zero-order chi connectivity index (χ0) is 24.2. The Morgan fingerprint density at radius 2 is 1.66 bits per heavy atom. The van der Waals surface area contributed by atoms with Crippen LogP contribution in [0.15, 0.2) is 18.2 Å². The van der Waals surface area contributed by atoms with Crippen LogP contribution in [0, 0.1) is 12.8 Å². The van der Waals surface area contributed by atoms with Gasteiger partial charge >= 0.3 is 23.3 Å². The highest BCUT2D eigenvalue weighted by Crippen LogP contribution is 2.36. The first-order valence-electron chi connectivity index (χ1n) is 9.74. The summed E-state index contributed by atoms with van der Waals surface area (Å²) >= 11 is 5.62. The Morgan fingerprint density at radius 3 is 2.19 bits per heavy atom. The Hall–Kier alpha value is -2.85. The maximum Gasteiger partial charge on any atom is 0.335 e. The molecular weight excluding hydrogens is 446 g/mol. The molecule has 0 unspecified atom stereocenters. The number of hydrogen-bond donors (Lipinski definition) is 0. The van der Waals surface area contributed by atoms with Gasteiger partial charge in [-0.05, 0) is 36.2 Å². The van der Waals surface area contributed by atoms with Crippen LogP contribution in [0.1, 0.15) is 26.3 Å². The number of amides is 1. The third-order valence-electron chi connectivity index (χ3n) is 4.89. The summed E-state index contributed by atoms with van der Waals surface area (Å²) in [7, 11) is 2.63. The number of nitrogens with zero attached hydrogens (tertiary/aromatic N) is 1. The summed E-state index contributed by atoms with van der Waals surface area (Å²) in [6.45, 7) is 5.77. The molecule has 1 amide bonds. The highest BCUT2D eigenvalue weighted by Gasteiger charge is 2.52. The van der Waals surface area contributed by atoms with Gasteiger partial charge in [-0.2, -0.15) is 0 Å². The van der Waals surface area contributed by atoms with Crippen molar-refractivity contribution >= 4 is 40.6 Å². The lowest BCUT2D eigenvalue weighted by atomic mass is 9.90. The van der Waals surface area contributed by atoms with Gasteiger partial charge in [0.1, 0.15) is 5.75 Å². The van der Waals surface area contributed by atoms with E-state index in [4.69, 9.17) is 35.3 Å². The van der Waals surface area contributed by atoms with Gasteiger partial charge in [-0.1, -0.05) is 13.0 Å². The van der Waals surface area contributed by atoms with Crippen LogP contribution in [0.4, 0.5) is 10.5 Å². The highest BCUT2D eigenvalue weighted by molar-refractivity contribution is 6.66. The van der Waals surface area contributed by atoms with E-state index in [1.165, 1.54) is 28.0 Å². The number of halogens is 1. The average molecular weight is 472 g/mol. The van der Waals surface area contributed by atoms with Gasteiger partial charge < -0.3 is 23.7 Å².